The van der Waals surface area contributed by atoms with Crippen molar-refractivity contribution in [1.82, 2.24) is 4.90 Å². The Morgan fingerprint density at radius 3 is 2.13 bits per heavy atom. The van der Waals surface area contributed by atoms with Crippen LogP contribution >= 0.6 is 15.9 Å². The highest BCUT2D eigenvalue weighted by Crippen LogP contribution is 2.26. The standard InChI is InChI=1S/C17H24BrNO4/c1-11-7-13(9-18)8-12(2)15(11)22-14(20)10-19(6)16(21)23-17(3,4)5/h7-8H,9-10H2,1-6H3. The number of hydrogen-bond acceptors (Lipinski definition) is 4. The van der Waals surface area contributed by atoms with E-state index in [-0.39, 0.29) is 6.54 Å². The summed E-state index contributed by atoms with van der Waals surface area (Å²) in [5.74, 6) is 0.0356. The summed E-state index contributed by atoms with van der Waals surface area (Å²) < 4.78 is 10.6. The van der Waals surface area contributed by atoms with Gasteiger partial charge in [0.05, 0.1) is 0 Å². The number of nitrogens with zero attached hydrogens (tertiary/aromatic N) is 1. The van der Waals surface area contributed by atoms with Crippen LogP contribution in [-0.2, 0) is 14.9 Å². The zero-order chi connectivity index (χ0) is 17.8. The van der Waals surface area contributed by atoms with Gasteiger partial charge < -0.3 is 14.4 Å². The minimum Gasteiger partial charge on any atom is -0.444 e. The number of amides is 1. The number of carbonyl (C=O) groups excluding carboxylic acids is 2. The molecule has 0 spiro atoms. The molecule has 5 nitrogen and oxygen atoms in total. The van der Waals surface area contributed by atoms with Crippen molar-refractivity contribution in [1.29, 1.82) is 0 Å². The summed E-state index contributed by atoms with van der Waals surface area (Å²) in [6.45, 7) is 8.92. The molecular weight excluding hydrogens is 362 g/mol. The van der Waals surface area contributed by atoms with Crippen LogP contribution < -0.4 is 4.74 Å². The number of halogens is 1. The molecule has 0 fully saturated rings. The number of hydrogen-bond donors (Lipinski definition) is 0. The Morgan fingerprint density at radius 2 is 1.70 bits per heavy atom. The van der Waals surface area contributed by atoms with E-state index < -0.39 is 17.7 Å². The van der Waals surface area contributed by atoms with E-state index in [2.05, 4.69) is 15.9 Å². The molecule has 1 rings (SSSR count). The van der Waals surface area contributed by atoms with Crippen LogP contribution in [0.4, 0.5) is 4.79 Å². The molecule has 0 aliphatic carbocycles. The molecule has 0 unspecified atom stereocenters. The summed E-state index contributed by atoms with van der Waals surface area (Å²) in [6, 6.07) is 3.92. The summed E-state index contributed by atoms with van der Waals surface area (Å²) in [4.78, 5) is 25.1. The quantitative estimate of drug-likeness (QED) is 0.446. The lowest BCUT2D eigenvalue weighted by Crippen LogP contribution is -2.38. The summed E-state index contributed by atoms with van der Waals surface area (Å²) in [6.07, 6.45) is -0.558. The fraction of sp³-hybridized carbons (Fsp3) is 0.529. The number of esters is 1. The zero-order valence-electron chi connectivity index (χ0n) is 14.5. The maximum Gasteiger partial charge on any atom is 0.410 e. The van der Waals surface area contributed by atoms with Crippen molar-refractivity contribution in [2.75, 3.05) is 13.6 Å². The molecule has 0 aliphatic rings. The van der Waals surface area contributed by atoms with Crippen LogP contribution in [0, 0.1) is 13.8 Å². The van der Waals surface area contributed by atoms with Gasteiger partial charge in [-0.2, -0.15) is 0 Å². The van der Waals surface area contributed by atoms with E-state index in [4.69, 9.17) is 9.47 Å². The molecule has 128 valence electrons. The van der Waals surface area contributed by atoms with Gasteiger partial charge in [-0.25, -0.2) is 9.59 Å². The molecule has 6 heteroatoms. The summed E-state index contributed by atoms with van der Waals surface area (Å²) in [5.41, 5.74) is 2.28. The predicted molar refractivity (Wildman–Crippen MR) is 93.0 cm³/mol. The van der Waals surface area contributed by atoms with Gasteiger partial charge in [-0.3, -0.25) is 0 Å². The molecule has 0 bridgehead atoms. The van der Waals surface area contributed by atoms with Crippen molar-refractivity contribution in [2.24, 2.45) is 0 Å². The highest BCUT2D eigenvalue weighted by molar-refractivity contribution is 9.08. The van der Waals surface area contributed by atoms with Gasteiger partial charge in [0.25, 0.3) is 0 Å². The van der Waals surface area contributed by atoms with Crippen LogP contribution in [-0.4, -0.2) is 36.2 Å². The highest BCUT2D eigenvalue weighted by atomic mass is 79.9. The Bertz CT molecular complexity index is 570. The van der Waals surface area contributed by atoms with Gasteiger partial charge in [0.1, 0.15) is 17.9 Å². The van der Waals surface area contributed by atoms with Crippen molar-refractivity contribution >= 4 is 28.0 Å². The molecule has 0 saturated heterocycles. The predicted octanol–water partition coefficient (Wildman–Crippen LogP) is 3.97. The van der Waals surface area contributed by atoms with E-state index in [1.54, 1.807) is 20.8 Å². The fourth-order valence-corrected chi connectivity index (χ4v) is 2.35. The van der Waals surface area contributed by atoms with E-state index in [1.807, 2.05) is 26.0 Å². The molecule has 23 heavy (non-hydrogen) atoms. The minimum atomic E-state index is -0.603. The Balaban J connectivity index is 2.72. The van der Waals surface area contributed by atoms with Gasteiger partial charge in [-0.05, 0) is 51.3 Å². The molecule has 0 aliphatic heterocycles. The number of carbonyl (C=O) groups is 2. The molecule has 0 N–H and O–H groups in total. The number of likely N-dealkylation sites (N-methyl/N-ethyl adjacent to an activating group) is 1. The molecule has 0 atom stereocenters. The molecule has 0 aromatic heterocycles. The highest BCUT2D eigenvalue weighted by Gasteiger charge is 2.22. The zero-order valence-corrected chi connectivity index (χ0v) is 16.1. The third-order valence-corrected chi connectivity index (χ3v) is 3.61. The maximum absolute atomic E-state index is 12.1. The lowest BCUT2D eigenvalue weighted by atomic mass is 10.1. The minimum absolute atomic E-state index is 0.173. The SMILES string of the molecule is Cc1cc(CBr)cc(C)c1OC(=O)CN(C)C(=O)OC(C)(C)C. The van der Waals surface area contributed by atoms with Gasteiger partial charge >= 0.3 is 12.1 Å². The van der Waals surface area contributed by atoms with Gasteiger partial charge in [-0.15, -0.1) is 0 Å². The molecule has 1 aromatic carbocycles. The lowest BCUT2D eigenvalue weighted by molar-refractivity contribution is -0.135. The smallest absolute Gasteiger partial charge is 0.410 e. The number of aryl methyl sites for hydroxylation is 2. The number of ether oxygens (including phenoxy) is 2. The molecule has 1 amide bonds. The second-order valence-electron chi connectivity index (χ2n) is 6.50. The van der Waals surface area contributed by atoms with Gasteiger partial charge in [0, 0.05) is 12.4 Å². The number of alkyl halides is 1. The van der Waals surface area contributed by atoms with Gasteiger partial charge in [0.15, 0.2) is 0 Å². The molecule has 0 radical (unpaired) electrons. The molecule has 1 aromatic rings. The Kier molecular flexibility index (Phi) is 6.62. The first-order valence-electron chi connectivity index (χ1n) is 7.34. The topological polar surface area (TPSA) is 55.8 Å². The second kappa shape index (κ2) is 7.81. The van der Waals surface area contributed by atoms with Crippen molar-refractivity contribution in [3.05, 3.63) is 28.8 Å². The molecular formula is C17H24BrNO4. The maximum atomic E-state index is 12.1. The van der Waals surface area contributed by atoms with Crippen molar-refractivity contribution < 1.29 is 19.1 Å². The van der Waals surface area contributed by atoms with Crippen LogP contribution in [0.3, 0.4) is 0 Å². The van der Waals surface area contributed by atoms with Crippen molar-refractivity contribution in [3.8, 4) is 5.75 Å². The average molecular weight is 386 g/mol. The monoisotopic (exact) mass is 385 g/mol. The Morgan fingerprint density at radius 1 is 1.17 bits per heavy atom. The summed E-state index contributed by atoms with van der Waals surface area (Å²) in [7, 11) is 1.50. The third kappa shape index (κ3) is 6.22. The first-order chi connectivity index (χ1) is 10.5. The van der Waals surface area contributed by atoms with E-state index in [0.717, 1.165) is 22.0 Å². The Labute approximate surface area is 146 Å². The van der Waals surface area contributed by atoms with E-state index in [9.17, 15) is 9.59 Å². The first kappa shape index (κ1) is 19.5. The van der Waals surface area contributed by atoms with Crippen LogP contribution in [0.5, 0.6) is 5.75 Å². The van der Waals surface area contributed by atoms with Crippen molar-refractivity contribution in [3.63, 3.8) is 0 Å². The van der Waals surface area contributed by atoms with Crippen LogP contribution in [0.1, 0.15) is 37.5 Å². The lowest BCUT2D eigenvalue weighted by Gasteiger charge is -2.24. The van der Waals surface area contributed by atoms with Crippen LogP contribution in [0.2, 0.25) is 0 Å². The normalized spacial score (nSPS) is 11.1. The van der Waals surface area contributed by atoms with Gasteiger partial charge in [-0.1, -0.05) is 28.1 Å². The molecule has 0 saturated carbocycles. The summed E-state index contributed by atoms with van der Waals surface area (Å²) >= 11 is 3.41. The van der Waals surface area contributed by atoms with Crippen LogP contribution in [0.15, 0.2) is 12.1 Å². The molecule has 0 heterocycles. The summed E-state index contributed by atoms with van der Waals surface area (Å²) in [5, 5.41) is 0.740. The number of benzene rings is 1. The average Bonchev–Trinajstić information content (AvgIpc) is 2.40. The van der Waals surface area contributed by atoms with Crippen molar-refractivity contribution in [2.45, 2.75) is 45.5 Å². The van der Waals surface area contributed by atoms with E-state index in [1.165, 1.54) is 11.9 Å². The van der Waals surface area contributed by atoms with E-state index >= 15 is 0 Å². The van der Waals surface area contributed by atoms with Crippen LogP contribution in [0.25, 0.3) is 0 Å². The van der Waals surface area contributed by atoms with E-state index in [0.29, 0.717) is 5.75 Å². The second-order valence-corrected chi connectivity index (χ2v) is 7.06. The third-order valence-electron chi connectivity index (χ3n) is 2.96. The fourth-order valence-electron chi connectivity index (χ4n) is 2.02. The van der Waals surface area contributed by atoms with Gasteiger partial charge in [0.2, 0.25) is 0 Å². The largest absolute Gasteiger partial charge is 0.444 e. The number of rotatable bonds is 4. The first-order valence-corrected chi connectivity index (χ1v) is 8.46. The Hall–Kier alpha value is -1.56.